The van der Waals surface area contributed by atoms with E-state index in [-0.39, 0.29) is 5.69 Å². The quantitative estimate of drug-likeness (QED) is 0.822. The summed E-state index contributed by atoms with van der Waals surface area (Å²) in [6, 6.07) is 4.97. The van der Waals surface area contributed by atoms with Crippen molar-refractivity contribution in [3.8, 4) is 11.4 Å². The monoisotopic (exact) mass is 215 g/mol. The standard InChI is InChI=1S/C11H9N3O2/c1-7-5-9(11(15)16)14-10(13-7)8-3-2-4-12-6-8/h2-6H,1H3,(H,15,16). The highest BCUT2D eigenvalue weighted by atomic mass is 16.4. The molecule has 0 amide bonds. The van der Waals surface area contributed by atoms with Crippen molar-refractivity contribution in [2.24, 2.45) is 0 Å². The fraction of sp³-hybridized carbons (Fsp3) is 0.0909. The second-order valence-electron chi connectivity index (χ2n) is 3.27. The van der Waals surface area contributed by atoms with E-state index in [1.807, 2.05) is 0 Å². The highest BCUT2D eigenvalue weighted by Gasteiger charge is 2.09. The number of carboxylic acid groups (broad SMARTS) is 1. The summed E-state index contributed by atoms with van der Waals surface area (Å²) >= 11 is 0. The second-order valence-corrected chi connectivity index (χ2v) is 3.27. The number of aromatic nitrogens is 3. The van der Waals surface area contributed by atoms with E-state index in [9.17, 15) is 4.79 Å². The van der Waals surface area contributed by atoms with E-state index in [0.29, 0.717) is 17.1 Å². The normalized spacial score (nSPS) is 10.1. The molecule has 0 saturated heterocycles. The molecule has 80 valence electrons. The van der Waals surface area contributed by atoms with Crippen LogP contribution in [0.1, 0.15) is 16.2 Å². The molecule has 0 fully saturated rings. The maximum Gasteiger partial charge on any atom is 0.354 e. The Morgan fingerprint density at radius 1 is 1.38 bits per heavy atom. The van der Waals surface area contributed by atoms with Crippen molar-refractivity contribution in [2.75, 3.05) is 0 Å². The molecule has 0 bridgehead atoms. The van der Waals surface area contributed by atoms with E-state index in [4.69, 9.17) is 5.11 Å². The van der Waals surface area contributed by atoms with Crippen LogP contribution in [-0.4, -0.2) is 26.0 Å². The molecule has 0 aliphatic carbocycles. The van der Waals surface area contributed by atoms with E-state index < -0.39 is 5.97 Å². The molecular formula is C11H9N3O2. The molecule has 0 spiro atoms. The molecule has 16 heavy (non-hydrogen) atoms. The third-order valence-electron chi connectivity index (χ3n) is 1.99. The lowest BCUT2D eigenvalue weighted by Gasteiger charge is -2.02. The predicted octanol–water partition coefficient (Wildman–Crippen LogP) is 1.55. The molecule has 2 heterocycles. The molecule has 0 radical (unpaired) electrons. The molecule has 0 atom stereocenters. The van der Waals surface area contributed by atoms with Crippen LogP contribution in [0.15, 0.2) is 30.6 Å². The summed E-state index contributed by atoms with van der Waals surface area (Å²) in [4.78, 5) is 22.9. The van der Waals surface area contributed by atoms with Gasteiger partial charge in [-0.25, -0.2) is 14.8 Å². The Morgan fingerprint density at radius 3 is 2.81 bits per heavy atom. The van der Waals surface area contributed by atoms with Gasteiger partial charge in [0, 0.05) is 23.7 Å². The van der Waals surface area contributed by atoms with Crippen molar-refractivity contribution in [1.29, 1.82) is 0 Å². The fourth-order valence-electron chi connectivity index (χ4n) is 1.30. The number of aryl methyl sites for hydroxylation is 1. The molecule has 0 aromatic carbocycles. The fourth-order valence-corrected chi connectivity index (χ4v) is 1.30. The van der Waals surface area contributed by atoms with Crippen LogP contribution in [0, 0.1) is 6.92 Å². The number of aromatic carboxylic acids is 1. The zero-order valence-corrected chi connectivity index (χ0v) is 8.58. The van der Waals surface area contributed by atoms with E-state index in [1.54, 1.807) is 31.5 Å². The number of pyridine rings is 1. The molecule has 2 aromatic heterocycles. The first-order valence-electron chi connectivity index (χ1n) is 4.66. The summed E-state index contributed by atoms with van der Waals surface area (Å²) in [7, 11) is 0. The first-order chi connectivity index (χ1) is 7.66. The molecule has 5 heteroatoms. The van der Waals surface area contributed by atoms with Gasteiger partial charge in [0.2, 0.25) is 0 Å². The summed E-state index contributed by atoms with van der Waals surface area (Å²) < 4.78 is 0. The van der Waals surface area contributed by atoms with Gasteiger partial charge in [0.05, 0.1) is 0 Å². The average Bonchev–Trinajstić information content (AvgIpc) is 2.29. The summed E-state index contributed by atoms with van der Waals surface area (Å²) in [6.07, 6.45) is 3.23. The SMILES string of the molecule is Cc1cc(C(=O)O)nc(-c2cccnc2)n1. The largest absolute Gasteiger partial charge is 0.477 e. The van der Waals surface area contributed by atoms with E-state index in [1.165, 1.54) is 6.07 Å². The van der Waals surface area contributed by atoms with Gasteiger partial charge in [-0.05, 0) is 25.1 Å². The van der Waals surface area contributed by atoms with Crippen LogP contribution < -0.4 is 0 Å². The minimum atomic E-state index is -1.06. The van der Waals surface area contributed by atoms with Crippen molar-refractivity contribution >= 4 is 5.97 Å². The number of carbonyl (C=O) groups is 1. The highest BCUT2D eigenvalue weighted by molar-refractivity contribution is 5.85. The van der Waals surface area contributed by atoms with E-state index in [0.717, 1.165) is 0 Å². The molecule has 0 aliphatic rings. The van der Waals surface area contributed by atoms with Gasteiger partial charge in [0.1, 0.15) is 0 Å². The Labute approximate surface area is 91.8 Å². The first kappa shape index (κ1) is 10.2. The maximum atomic E-state index is 10.8. The van der Waals surface area contributed by atoms with Gasteiger partial charge < -0.3 is 5.11 Å². The zero-order chi connectivity index (χ0) is 11.5. The van der Waals surface area contributed by atoms with Crippen molar-refractivity contribution < 1.29 is 9.90 Å². The maximum absolute atomic E-state index is 10.8. The smallest absolute Gasteiger partial charge is 0.354 e. The summed E-state index contributed by atoms with van der Waals surface area (Å²) in [5.74, 6) is -0.679. The molecular weight excluding hydrogens is 206 g/mol. The Bertz CT molecular complexity index is 526. The minimum absolute atomic E-state index is 0.00801. The van der Waals surface area contributed by atoms with Crippen molar-refractivity contribution in [3.05, 3.63) is 42.0 Å². The average molecular weight is 215 g/mol. The van der Waals surface area contributed by atoms with Crippen LogP contribution in [0.4, 0.5) is 0 Å². The Balaban J connectivity index is 2.54. The van der Waals surface area contributed by atoms with Gasteiger partial charge in [0.15, 0.2) is 11.5 Å². The predicted molar refractivity (Wildman–Crippen MR) is 57.0 cm³/mol. The summed E-state index contributed by atoms with van der Waals surface area (Å²) in [5, 5.41) is 8.87. The number of hydrogen-bond donors (Lipinski definition) is 1. The van der Waals surface area contributed by atoms with Crippen LogP contribution in [0.2, 0.25) is 0 Å². The van der Waals surface area contributed by atoms with Crippen LogP contribution in [0.25, 0.3) is 11.4 Å². The van der Waals surface area contributed by atoms with Crippen molar-refractivity contribution in [1.82, 2.24) is 15.0 Å². The van der Waals surface area contributed by atoms with Crippen LogP contribution in [-0.2, 0) is 0 Å². The molecule has 2 aromatic rings. The summed E-state index contributed by atoms with van der Waals surface area (Å²) in [6.45, 7) is 1.73. The molecule has 0 unspecified atom stereocenters. The topological polar surface area (TPSA) is 76.0 Å². The lowest BCUT2D eigenvalue weighted by atomic mass is 10.2. The van der Waals surface area contributed by atoms with Gasteiger partial charge in [-0.15, -0.1) is 0 Å². The third kappa shape index (κ3) is 2.03. The first-order valence-corrected chi connectivity index (χ1v) is 4.66. The van der Waals surface area contributed by atoms with Crippen LogP contribution in [0.5, 0.6) is 0 Å². The molecule has 0 saturated carbocycles. The van der Waals surface area contributed by atoms with Gasteiger partial charge in [0.25, 0.3) is 0 Å². The van der Waals surface area contributed by atoms with E-state index >= 15 is 0 Å². The van der Waals surface area contributed by atoms with Crippen molar-refractivity contribution in [2.45, 2.75) is 6.92 Å². The second kappa shape index (κ2) is 4.06. The highest BCUT2D eigenvalue weighted by Crippen LogP contribution is 2.14. The Kier molecular flexibility index (Phi) is 2.59. The van der Waals surface area contributed by atoms with Crippen LogP contribution >= 0.6 is 0 Å². The number of nitrogens with zero attached hydrogens (tertiary/aromatic N) is 3. The van der Waals surface area contributed by atoms with Gasteiger partial charge in [-0.2, -0.15) is 0 Å². The number of rotatable bonds is 2. The van der Waals surface area contributed by atoms with E-state index in [2.05, 4.69) is 15.0 Å². The zero-order valence-electron chi connectivity index (χ0n) is 8.58. The Hall–Kier alpha value is -2.30. The Morgan fingerprint density at radius 2 is 2.19 bits per heavy atom. The van der Waals surface area contributed by atoms with Gasteiger partial charge in [-0.3, -0.25) is 4.98 Å². The number of carboxylic acids is 1. The van der Waals surface area contributed by atoms with Gasteiger partial charge in [-0.1, -0.05) is 0 Å². The number of hydrogen-bond acceptors (Lipinski definition) is 4. The third-order valence-corrected chi connectivity index (χ3v) is 1.99. The molecule has 5 nitrogen and oxygen atoms in total. The molecule has 2 rings (SSSR count). The minimum Gasteiger partial charge on any atom is -0.477 e. The molecule has 1 N–H and O–H groups in total. The van der Waals surface area contributed by atoms with Crippen LogP contribution in [0.3, 0.4) is 0 Å². The summed E-state index contributed by atoms with van der Waals surface area (Å²) in [5.41, 5.74) is 1.31. The lowest BCUT2D eigenvalue weighted by Crippen LogP contribution is -2.04. The molecule has 0 aliphatic heterocycles. The lowest BCUT2D eigenvalue weighted by molar-refractivity contribution is 0.0690. The van der Waals surface area contributed by atoms with Gasteiger partial charge >= 0.3 is 5.97 Å². The van der Waals surface area contributed by atoms with Crippen molar-refractivity contribution in [3.63, 3.8) is 0 Å².